The molecule has 1 amide bonds. The maximum absolute atomic E-state index is 12.7. The molecule has 23 heavy (non-hydrogen) atoms. The minimum Gasteiger partial charge on any atom is -0.506 e. The molecule has 5 nitrogen and oxygen atoms in total. The second-order valence-electron chi connectivity index (χ2n) is 5.20. The number of rotatable bonds is 4. The Labute approximate surface area is 138 Å². The van der Waals surface area contributed by atoms with Crippen LogP contribution in [-0.2, 0) is 6.42 Å². The fourth-order valence-electron chi connectivity index (χ4n) is 2.48. The molecule has 118 valence electrons. The zero-order valence-electron chi connectivity index (χ0n) is 12.6. The van der Waals surface area contributed by atoms with Gasteiger partial charge >= 0.3 is 0 Å². The van der Waals surface area contributed by atoms with Gasteiger partial charge in [-0.3, -0.25) is 9.20 Å². The number of aryl methyl sites for hydroxylation is 1. The Morgan fingerprint density at radius 1 is 1.30 bits per heavy atom. The SMILES string of the molecule is CCCc1nc2ccc(Cl)cn2c1C(=O)Nc1ccccc1O. The summed E-state index contributed by atoms with van der Waals surface area (Å²) in [5, 5.41) is 13.1. The van der Waals surface area contributed by atoms with Gasteiger partial charge in [-0.05, 0) is 30.7 Å². The van der Waals surface area contributed by atoms with Gasteiger partial charge in [0.05, 0.1) is 16.4 Å². The number of hydrogen-bond donors (Lipinski definition) is 2. The maximum atomic E-state index is 12.7. The normalized spacial score (nSPS) is 10.9. The fourth-order valence-corrected chi connectivity index (χ4v) is 2.64. The molecule has 0 fully saturated rings. The standard InChI is InChI=1S/C17H16ClN3O2/c1-2-5-13-16(21-10-11(18)8-9-15(21)19-13)17(23)20-12-6-3-4-7-14(12)22/h3-4,6-10,22H,2,5H2,1H3,(H,20,23). The maximum Gasteiger partial charge on any atom is 0.274 e. The molecule has 0 atom stereocenters. The molecule has 0 aliphatic carbocycles. The largest absolute Gasteiger partial charge is 0.506 e. The number of amides is 1. The molecule has 3 aromatic rings. The van der Waals surface area contributed by atoms with E-state index >= 15 is 0 Å². The van der Waals surface area contributed by atoms with Gasteiger partial charge in [-0.25, -0.2) is 4.98 Å². The van der Waals surface area contributed by atoms with Crippen LogP contribution in [0.5, 0.6) is 5.75 Å². The topological polar surface area (TPSA) is 66.6 Å². The number of anilines is 1. The number of imidazole rings is 1. The van der Waals surface area contributed by atoms with Gasteiger partial charge in [-0.15, -0.1) is 0 Å². The fraction of sp³-hybridized carbons (Fsp3) is 0.176. The van der Waals surface area contributed by atoms with E-state index in [9.17, 15) is 9.90 Å². The number of fused-ring (bicyclic) bond motifs is 1. The molecule has 2 heterocycles. The van der Waals surface area contributed by atoms with Crippen molar-refractivity contribution < 1.29 is 9.90 Å². The average Bonchev–Trinajstić information content (AvgIpc) is 2.87. The summed E-state index contributed by atoms with van der Waals surface area (Å²) < 4.78 is 1.68. The van der Waals surface area contributed by atoms with Crippen LogP contribution >= 0.6 is 11.6 Å². The molecule has 0 bridgehead atoms. The molecule has 2 aromatic heterocycles. The Morgan fingerprint density at radius 3 is 2.83 bits per heavy atom. The molecule has 0 saturated carbocycles. The summed E-state index contributed by atoms with van der Waals surface area (Å²) >= 11 is 6.05. The van der Waals surface area contributed by atoms with Crippen LogP contribution in [0.1, 0.15) is 29.5 Å². The average molecular weight is 330 g/mol. The van der Waals surface area contributed by atoms with Crippen molar-refractivity contribution in [3.8, 4) is 5.75 Å². The number of nitrogens with zero attached hydrogens (tertiary/aromatic N) is 2. The Hall–Kier alpha value is -2.53. The number of nitrogens with one attached hydrogen (secondary N) is 1. The quantitative estimate of drug-likeness (QED) is 0.713. The summed E-state index contributed by atoms with van der Waals surface area (Å²) in [6, 6.07) is 10.1. The van der Waals surface area contributed by atoms with E-state index in [2.05, 4.69) is 10.3 Å². The van der Waals surface area contributed by atoms with Gasteiger partial charge in [0.1, 0.15) is 17.1 Å². The van der Waals surface area contributed by atoms with Crippen LogP contribution in [0.4, 0.5) is 5.69 Å². The van der Waals surface area contributed by atoms with Crippen molar-refractivity contribution in [1.82, 2.24) is 9.38 Å². The molecule has 0 aliphatic rings. The smallest absolute Gasteiger partial charge is 0.274 e. The summed E-state index contributed by atoms with van der Waals surface area (Å²) in [4.78, 5) is 17.2. The van der Waals surface area contributed by atoms with E-state index < -0.39 is 0 Å². The van der Waals surface area contributed by atoms with E-state index in [1.807, 2.05) is 6.92 Å². The zero-order valence-corrected chi connectivity index (χ0v) is 13.3. The lowest BCUT2D eigenvalue weighted by Crippen LogP contribution is -2.16. The molecular weight excluding hydrogens is 314 g/mol. The summed E-state index contributed by atoms with van der Waals surface area (Å²) in [5.41, 5.74) is 2.17. The molecule has 0 aliphatic heterocycles. The molecule has 0 saturated heterocycles. The monoisotopic (exact) mass is 329 g/mol. The predicted octanol–water partition coefficient (Wildman–Crippen LogP) is 3.90. The van der Waals surface area contributed by atoms with Crippen LogP contribution in [-0.4, -0.2) is 20.4 Å². The number of aromatic hydroxyl groups is 1. The van der Waals surface area contributed by atoms with Crippen LogP contribution in [0.2, 0.25) is 5.02 Å². The number of aromatic nitrogens is 2. The highest BCUT2D eigenvalue weighted by Crippen LogP contribution is 2.24. The van der Waals surface area contributed by atoms with Gasteiger partial charge in [0.2, 0.25) is 0 Å². The van der Waals surface area contributed by atoms with Crippen molar-refractivity contribution >= 4 is 28.8 Å². The van der Waals surface area contributed by atoms with Crippen molar-refractivity contribution in [2.75, 3.05) is 5.32 Å². The van der Waals surface area contributed by atoms with Crippen LogP contribution in [0, 0.1) is 0 Å². The van der Waals surface area contributed by atoms with Crippen molar-refractivity contribution in [3.05, 3.63) is 59.0 Å². The van der Waals surface area contributed by atoms with E-state index in [1.165, 1.54) is 6.07 Å². The van der Waals surface area contributed by atoms with Crippen LogP contribution in [0.15, 0.2) is 42.6 Å². The number of pyridine rings is 1. The van der Waals surface area contributed by atoms with Crippen molar-refractivity contribution in [3.63, 3.8) is 0 Å². The molecule has 2 N–H and O–H groups in total. The first-order valence-electron chi connectivity index (χ1n) is 7.36. The Kier molecular flexibility index (Phi) is 4.21. The van der Waals surface area contributed by atoms with Gasteiger partial charge in [0.25, 0.3) is 5.91 Å². The minimum absolute atomic E-state index is 0.0183. The summed E-state index contributed by atoms with van der Waals surface area (Å²) in [6.07, 6.45) is 3.22. The second kappa shape index (κ2) is 6.30. The summed E-state index contributed by atoms with van der Waals surface area (Å²) in [6.45, 7) is 2.03. The van der Waals surface area contributed by atoms with Crippen LogP contribution in [0.3, 0.4) is 0 Å². The van der Waals surface area contributed by atoms with Crippen molar-refractivity contribution in [1.29, 1.82) is 0 Å². The van der Waals surface area contributed by atoms with Gasteiger partial charge in [0, 0.05) is 6.20 Å². The Balaban J connectivity index is 2.06. The highest BCUT2D eigenvalue weighted by molar-refractivity contribution is 6.30. The van der Waals surface area contributed by atoms with E-state index in [4.69, 9.17) is 11.6 Å². The first kappa shape index (κ1) is 15.4. The van der Waals surface area contributed by atoms with E-state index in [0.717, 1.165) is 6.42 Å². The lowest BCUT2D eigenvalue weighted by Gasteiger charge is -2.08. The summed E-state index contributed by atoms with van der Waals surface area (Å²) in [7, 11) is 0. The predicted molar refractivity (Wildman–Crippen MR) is 90.3 cm³/mol. The lowest BCUT2D eigenvalue weighted by molar-refractivity contribution is 0.102. The van der Waals surface area contributed by atoms with Crippen LogP contribution < -0.4 is 5.32 Å². The minimum atomic E-state index is -0.329. The third-order valence-electron chi connectivity index (χ3n) is 3.51. The van der Waals surface area contributed by atoms with Crippen molar-refractivity contribution in [2.45, 2.75) is 19.8 Å². The molecule has 6 heteroatoms. The highest BCUT2D eigenvalue weighted by Gasteiger charge is 2.19. The van der Waals surface area contributed by atoms with Crippen LogP contribution in [0.25, 0.3) is 5.65 Å². The third-order valence-corrected chi connectivity index (χ3v) is 3.73. The van der Waals surface area contributed by atoms with Gasteiger partial charge in [-0.2, -0.15) is 0 Å². The van der Waals surface area contributed by atoms with Gasteiger partial charge < -0.3 is 10.4 Å². The third kappa shape index (κ3) is 3.00. The first-order valence-corrected chi connectivity index (χ1v) is 7.73. The highest BCUT2D eigenvalue weighted by atomic mass is 35.5. The zero-order chi connectivity index (χ0) is 16.4. The van der Waals surface area contributed by atoms with E-state index in [0.29, 0.717) is 34.2 Å². The number of hydrogen-bond acceptors (Lipinski definition) is 3. The van der Waals surface area contributed by atoms with Gasteiger partial charge in [0.15, 0.2) is 0 Å². The molecule has 1 aromatic carbocycles. The van der Waals surface area contributed by atoms with E-state index in [-0.39, 0.29) is 11.7 Å². The number of para-hydroxylation sites is 2. The number of benzene rings is 1. The molecule has 3 rings (SSSR count). The second-order valence-corrected chi connectivity index (χ2v) is 5.64. The molecular formula is C17H16ClN3O2. The summed E-state index contributed by atoms with van der Waals surface area (Å²) in [5.74, 6) is -0.311. The number of halogens is 1. The molecule has 0 spiro atoms. The number of phenols is 1. The Bertz CT molecular complexity index is 873. The Morgan fingerprint density at radius 2 is 2.09 bits per heavy atom. The van der Waals surface area contributed by atoms with Crippen molar-refractivity contribution in [2.24, 2.45) is 0 Å². The lowest BCUT2D eigenvalue weighted by atomic mass is 10.2. The molecule has 0 radical (unpaired) electrons. The number of carbonyl (C=O) groups excluding carboxylic acids is 1. The first-order chi connectivity index (χ1) is 11.1. The molecule has 0 unspecified atom stereocenters. The van der Waals surface area contributed by atoms with Gasteiger partial charge in [-0.1, -0.05) is 37.1 Å². The van der Waals surface area contributed by atoms with E-state index in [1.54, 1.807) is 40.9 Å². The number of carbonyl (C=O) groups is 1. The number of phenolic OH excluding ortho intramolecular Hbond substituents is 1.